The normalized spacial score (nSPS) is 10.4. The van der Waals surface area contributed by atoms with E-state index in [-0.39, 0.29) is 30.2 Å². The number of pyridine rings is 1. The summed E-state index contributed by atoms with van der Waals surface area (Å²) in [6.07, 6.45) is 4.49. The average Bonchev–Trinajstić information content (AvgIpc) is 3.29. The van der Waals surface area contributed by atoms with Gasteiger partial charge in [-0.3, -0.25) is 14.4 Å². The van der Waals surface area contributed by atoms with Crippen LogP contribution in [0.2, 0.25) is 10.0 Å². The van der Waals surface area contributed by atoms with E-state index in [0.717, 1.165) is 5.56 Å². The van der Waals surface area contributed by atoms with Crippen LogP contribution in [0.1, 0.15) is 15.9 Å². The number of nitrogens with one attached hydrogen (secondary N) is 3. The summed E-state index contributed by atoms with van der Waals surface area (Å²) < 4.78 is 1.49. The summed E-state index contributed by atoms with van der Waals surface area (Å²) in [7, 11) is 0. The summed E-state index contributed by atoms with van der Waals surface area (Å²) in [5.74, 6) is -0.932. The molecule has 0 aliphatic carbocycles. The van der Waals surface area contributed by atoms with E-state index in [1.165, 1.54) is 35.5 Å². The fourth-order valence-electron chi connectivity index (χ4n) is 2.52. The minimum Gasteiger partial charge on any atom is -0.350 e. The Kier molecular flexibility index (Phi) is 7.52. The summed E-state index contributed by atoms with van der Waals surface area (Å²) >= 11 is 11.8. The van der Waals surface area contributed by atoms with E-state index < -0.39 is 17.7 Å². The van der Waals surface area contributed by atoms with Gasteiger partial charge in [-0.25, -0.2) is 14.6 Å². The van der Waals surface area contributed by atoms with Crippen LogP contribution in [0.5, 0.6) is 0 Å². The van der Waals surface area contributed by atoms with Crippen molar-refractivity contribution in [3.8, 4) is 5.82 Å². The van der Waals surface area contributed by atoms with Crippen LogP contribution in [0.25, 0.3) is 5.82 Å². The molecule has 3 amide bonds. The minimum absolute atomic E-state index is 0.172. The number of nitrogens with zero attached hydrogens (tertiary/aromatic N) is 4. The van der Waals surface area contributed by atoms with Gasteiger partial charge in [-0.15, -0.1) is 0 Å². The van der Waals surface area contributed by atoms with Crippen molar-refractivity contribution in [1.82, 2.24) is 35.7 Å². The van der Waals surface area contributed by atoms with Gasteiger partial charge < -0.3 is 16.0 Å². The lowest BCUT2D eigenvalue weighted by Gasteiger charge is -2.10. The monoisotopic (exact) mass is 461 g/mol. The van der Waals surface area contributed by atoms with E-state index in [4.69, 9.17) is 23.2 Å². The molecule has 0 bridgehead atoms. The van der Waals surface area contributed by atoms with Crippen LogP contribution in [0.3, 0.4) is 0 Å². The Balaban J connectivity index is 1.43. The molecule has 0 aliphatic heterocycles. The first-order valence-corrected chi connectivity index (χ1v) is 9.75. The predicted octanol–water partition coefficient (Wildman–Crippen LogP) is 1.13. The number of amides is 3. The predicted molar refractivity (Wildman–Crippen MR) is 113 cm³/mol. The molecule has 31 heavy (non-hydrogen) atoms. The van der Waals surface area contributed by atoms with E-state index in [1.807, 2.05) is 0 Å². The maximum atomic E-state index is 12.1. The summed E-state index contributed by atoms with van der Waals surface area (Å²) in [4.78, 5) is 44.2. The first-order chi connectivity index (χ1) is 14.9. The number of halogens is 2. The van der Waals surface area contributed by atoms with Crippen molar-refractivity contribution in [1.29, 1.82) is 0 Å². The molecule has 2 aromatic heterocycles. The molecule has 3 N–H and O–H groups in total. The lowest BCUT2D eigenvalue weighted by molar-refractivity contribution is -0.125. The highest BCUT2D eigenvalue weighted by atomic mass is 35.5. The first kappa shape index (κ1) is 22.2. The number of rotatable bonds is 8. The highest BCUT2D eigenvalue weighted by molar-refractivity contribution is 6.36. The van der Waals surface area contributed by atoms with Crippen LogP contribution in [0.15, 0.2) is 49.2 Å². The molecule has 1 aromatic carbocycles. The molecule has 0 radical (unpaired) electrons. The third kappa shape index (κ3) is 6.24. The van der Waals surface area contributed by atoms with Gasteiger partial charge in [0, 0.05) is 23.3 Å². The fraction of sp³-hybridized carbons (Fsp3) is 0.158. The minimum atomic E-state index is -0.529. The number of carbonyl (C=O) groups excluding carboxylic acids is 3. The van der Waals surface area contributed by atoms with Gasteiger partial charge in [-0.05, 0) is 24.3 Å². The smallest absolute Gasteiger partial charge is 0.253 e. The summed E-state index contributed by atoms with van der Waals surface area (Å²) in [5.41, 5.74) is 0.913. The van der Waals surface area contributed by atoms with Crippen molar-refractivity contribution in [2.24, 2.45) is 0 Å². The third-order valence-corrected chi connectivity index (χ3v) is 4.56. The Hall–Kier alpha value is -3.50. The lowest BCUT2D eigenvalue weighted by Crippen LogP contribution is -2.41. The quantitative estimate of drug-likeness (QED) is 0.460. The highest BCUT2D eigenvalue weighted by Crippen LogP contribution is 2.20. The van der Waals surface area contributed by atoms with Crippen LogP contribution >= 0.6 is 23.2 Å². The molecule has 0 fully saturated rings. The fourth-order valence-corrected chi connectivity index (χ4v) is 3.01. The zero-order chi connectivity index (χ0) is 22.2. The second-order valence-electron chi connectivity index (χ2n) is 6.19. The van der Waals surface area contributed by atoms with E-state index in [2.05, 4.69) is 31.0 Å². The molecule has 0 saturated carbocycles. The molecule has 2 heterocycles. The number of hydrogen-bond acceptors (Lipinski definition) is 6. The largest absolute Gasteiger partial charge is 0.350 e. The maximum Gasteiger partial charge on any atom is 0.253 e. The Bertz CT molecular complexity index is 1090. The van der Waals surface area contributed by atoms with Gasteiger partial charge in [0.25, 0.3) is 5.91 Å². The van der Waals surface area contributed by atoms with Crippen LogP contribution in [-0.4, -0.2) is 50.6 Å². The van der Waals surface area contributed by atoms with Gasteiger partial charge in [0.15, 0.2) is 5.82 Å². The molecule has 3 rings (SSSR count). The maximum absolute atomic E-state index is 12.1. The van der Waals surface area contributed by atoms with Crippen molar-refractivity contribution in [2.75, 3.05) is 13.1 Å². The Morgan fingerprint density at radius 1 is 1.00 bits per heavy atom. The molecule has 0 unspecified atom stereocenters. The number of carbonyl (C=O) groups is 3. The molecule has 0 atom stereocenters. The zero-order valence-corrected chi connectivity index (χ0v) is 17.5. The summed E-state index contributed by atoms with van der Waals surface area (Å²) in [6.45, 7) is -0.386. The van der Waals surface area contributed by atoms with Crippen LogP contribution in [0, 0.1) is 0 Å². The Morgan fingerprint density at radius 3 is 2.52 bits per heavy atom. The molecular formula is C19H17Cl2N7O3. The van der Waals surface area contributed by atoms with E-state index in [0.29, 0.717) is 10.8 Å². The van der Waals surface area contributed by atoms with Gasteiger partial charge in [0.2, 0.25) is 11.8 Å². The van der Waals surface area contributed by atoms with Crippen LogP contribution in [0.4, 0.5) is 0 Å². The topological polar surface area (TPSA) is 131 Å². The number of aromatic nitrogens is 4. The molecule has 0 spiro atoms. The second kappa shape index (κ2) is 10.5. The molecule has 0 saturated heterocycles. The van der Waals surface area contributed by atoms with Crippen molar-refractivity contribution in [3.63, 3.8) is 0 Å². The summed E-state index contributed by atoms with van der Waals surface area (Å²) in [6, 6.07) is 7.93. The van der Waals surface area contributed by atoms with E-state index in [9.17, 15) is 14.4 Å². The van der Waals surface area contributed by atoms with Gasteiger partial charge in [-0.1, -0.05) is 29.3 Å². The molecule has 3 aromatic rings. The highest BCUT2D eigenvalue weighted by Gasteiger charge is 2.13. The van der Waals surface area contributed by atoms with Crippen LogP contribution in [-0.2, 0) is 16.1 Å². The first-order valence-electron chi connectivity index (χ1n) is 8.99. The third-order valence-electron chi connectivity index (χ3n) is 4.01. The van der Waals surface area contributed by atoms with Crippen molar-refractivity contribution in [2.45, 2.75) is 6.54 Å². The SMILES string of the molecule is O=C(CNC(=O)CNC(=O)c1ccc(Cl)cc1Cl)NCc1cccnc1-n1cncn1. The molecule has 12 heteroatoms. The van der Waals surface area contributed by atoms with Gasteiger partial charge in [0.05, 0.1) is 23.7 Å². The van der Waals surface area contributed by atoms with E-state index >= 15 is 0 Å². The van der Waals surface area contributed by atoms with Gasteiger partial charge in [-0.2, -0.15) is 5.10 Å². The van der Waals surface area contributed by atoms with Gasteiger partial charge >= 0.3 is 0 Å². The number of benzene rings is 1. The Morgan fingerprint density at radius 2 is 1.77 bits per heavy atom. The zero-order valence-electron chi connectivity index (χ0n) is 16.0. The second-order valence-corrected chi connectivity index (χ2v) is 7.03. The van der Waals surface area contributed by atoms with Crippen molar-refractivity contribution in [3.05, 3.63) is 70.4 Å². The van der Waals surface area contributed by atoms with Gasteiger partial charge in [0.1, 0.15) is 12.7 Å². The van der Waals surface area contributed by atoms with Crippen molar-refractivity contribution < 1.29 is 14.4 Å². The number of hydrogen-bond donors (Lipinski definition) is 3. The molecule has 0 aliphatic rings. The molecular weight excluding hydrogens is 445 g/mol. The van der Waals surface area contributed by atoms with E-state index in [1.54, 1.807) is 18.3 Å². The van der Waals surface area contributed by atoms with Crippen LogP contribution < -0.4 is 16.0 Å². The average molecular weight is 462 g/mol. The molecule has 10 nitrogen and oxygen atoms in total. The summed E-state index contributed by atoms with van der Waals surface area (Å²) in [5, 5.41) is 12.1. The molecule has 160 valence electrons. The van der Waals surface area contributed by atoms with Crippen molar-refractivity contribution >= 4 is 40.9 Å². The lowest BCUT2D eigenvalue weighted by atomic mass is 10.2. The standard InChI is InChI=1S/C19H17Cl2N7O3/c20-13-3-4-14(15(21)6-13)19(31)26-9-17(30)25-8-16(29)24-7-12-2-1-5-23-18(12)28-11-22-10-27-28/h1-6,10-11H,7-9H2,(H,24,29)(H,25,30)(H,26,31). The Labute approximate surface area is 187 Å².